The van der Waals surface area contributed by atoms with E-state index in [9.17, 15) is 4.79 Å². The predicted octanol–water partition coefficient (Wildman–Crippen LogP) is 3.59. The van der Waals surface area contributed by atoms with Crippen molar-refractivity contribution in [1.29, 1.82) is 0 Å². The molecule has 0 amide bonds. The summed E-state index contributed by atoms with van der Waals surface area (Å²) in [7, 11) is 0. The van der Waals surface area contributed by atoms with Gasteiger partial charge in [0.15, 0.2) is 0 Å². The van der Waals surface area contributed by atoms with Crippen LogP contribution < -0.4 is 0 Å². The maximum atomic E-state index is 12.1. The molecular weight excluding hydrogens is 274 g/mol. The zero-order valence-corrected chi connectivity index (χ0v) is 11.6. The normalized spacial score (nSPS) is 18.3. The number of rotatable bonds is 2. The minimum absolute atomic E-state index is 0.291. The largest absolute Gasteiger partial charge is 0.454 e. The lowest BCUT2D eigenvalue weighted by Crippen LogP contribution is -2.05. The van der Waals surface area contributed by atoms with E-state index in [1.165, 1.54) is 0 Å². The molecule has 0 N–H and O–H groups in total. The minimum Gasteiger partial charge on any atom is -0.454 e. The molecule has 1 aliphatic rings. The van der Waals surface area contributed by atoms with Gasteiger partial charge in [-0.2, -0.15) is 0 Å². The summed E-state index contributed by atoms with van der Waals surface area (Å²) in [6, 6.07) is 12.9. The van der Waals surface area contributed by atoms with Crippen molar-refractivity contribution >= 4 is 28.7 Å². The molecule has 0 bridgehead atoms. The molecule has 20 heavy (non-hydrogen) atoms. The lowest BCUT2D eigenvalue weighted by atomic mass is 9.96. The van der Waals surface area contributed by atoms with Gasteiger partial charge in [-0.15, -0.1) is 0 Å². The molecule has 0 saturated heterocycles. The van der Waals surface area contributed by atoms with Gasteiger partial charge in [0, 0.05) is 16.8 Å². The van der Waals surface area contributed by atoms with Gasteiger partial charge in [-0.25, -0.2) is 4.79 Å². The van der Waals surface area contributed by atoms with Gasteiger partial charge in [0.1, 0.15) is 6.10 Å². The van der Waals surface area contributed by atoms with Crippen molar-refractivity contribution in [2.24, 2.45) is 0 Å². The van der Waals surface area contributed by atoms with Crippen molar-refractivity contribution in [3.8, 4) is 0 Å². The number of carbonyl (C=O) groups excluding carboxylic acids is 1. The highest BCUT2D eigenvalue weighted by Gasteiger charge is 2.33. The van der Waals surface area contributed by atoms with Gasteiger partial charge in [-0.3, -0.25) is 4.98 Å². The van der Waals surface area contributed by atoms with Crippen molar-refractivity contribution in [2.45, 2.75) is 13.0 Å². The van der Waals surface area contributed by atoms with Crippen molar-refractivity contribution in [2.75, 3.05) is 0 Å². The third-order valence-electron chi connectivity index (χ3n) is 3.24. The van der Waals surface area contributed by atoms with E-state index in [-0.39, 0.29) is 12.1 Å². The Kier molecular flexibility index (Phi) is 3.28. The second kappa shape index (κ2) is 5.10. The van der Waals surface area contributed by atoms with Crippen LogP contribution in [0.15, 0.2) is 48.7 Å². The molecule has 2 aromatic rings. The van der Waals surface area contributed by atoms with Gasteiger partial charge in [0.05, 0.1) is 11.3 Å². The number of halogens is 1. The maximum Gasteiger partial charge on any atom is 0.341 e. The van der Waals surface area contributed by atoms with E-state index in [1.54, 1.807) is 18.3 Å². The first-order valence-electron chi connectivity index (χ1n) is 6.29. The fourth-order valence-electron chi connectivity index (χ4n) is 2.35. The molecule has 0 aliphatic carbocycles. The average Bonchev–Trinajstić information content (AvgIpc) is 2.75. The number of cyclic esters (lactones) is 1. The Morgan fingerprint density at radius 1 is 1.15 bits per heavy atom. The smallest absolute Gasteiger partial charge is 0.341 e. The summed E-state index contributed by atoms with van der Waals surface area (Å²) in [6.45, 7) is 1.86. The fourth-order valence-corrected chi connectivity index (χ4v) is 2.48. The molecule has 1 aliphatic heterocycles. The van der Waals surface area contributed by atoms with E-state index >= 15 is 0 Å². The van der Waals surface area contributed by atoms with Crippen LogP contribution in [-0.2, 0) is 9.53 Å². The number of ether oxygens (including phenoxy) is 1. The first kappa shape index (κ1) is 12.9. The molecule has 1 atom stereocenters. The van der Waals surface area contributed by atoms with Crippen LogP contribution in [0.5, 0.6) is 0 Å². The predicted molar refractivity (Wildman–Crippen MR) is 78.1 cm³/mol. The van der Waals surface area contributed by atoms with E-state index in [4.69, 9.17) is 16.3 Å². The Morgan fingerprint density at radius 3 is 2.55 bits per heavy atom. The zero-order chi connectivity index (χ0) is 14.1. The van der Waals surface area contributed by atoms with Gasteiger partial charge in [0.25, 0.3) is 0 Å². The number of pyridine rings is 1. The van der Waals surface area contributed by atoms with Crippen LogP contribution in [0.25, 0.3) is 11.1 Å². The number of carbonyl (C=O) groups is 1. The Balaban J connectivity index is 2.19. The molecule has 3 rings (SSSR count). The first-order valence-corrected chi connectivity index (χ1v) is 6.67. The van der Waals surface area contributed by atoms with Crippen molar-refractivity contribution in [1.82, 2.24) is 4.98 Å². The quantitative estimate of drug-likeness (QED) is 0.792. The number of hydrogen-bond acceptors (Lipinski definition) is 3. The van der Waals surface area contributed by atoms with Gasteiger partial charge in [-0.05, 0) is 36.8 Å². The lowest BCUT2D eigenvalue weighted by Gasteiger charge is -2.09. The molecule has 1 unspecified atom stereocenters. The topological polar surface area (TPSA) is 39.2 Å². The van der Waals surface area contributed by atoms with E-state index in [0.717, 1.165) is 11.1 Å². The van der Waals surface area contributed by atoms with Crippen LogP contribution in [0, 0.1) is 0 Å². The number of benzene rings is 1. The fraction of sp³-hybridized carbons (Fsp3) is 0.125. The molecule has 0 saturated carbocycles. The number of aromatic nitrogens is 1. The van der Waals surface area contributed by atoms with E-state index in [0.29, 0.717) is 16.3 Å². The Labute approximate surface area is 121 Å². The summed E-state index contributed by atoms with van der Waals surface area (Å²) in [4.78, 5) is 16.3. The number of hydrogen-bond donors (Lipinski definition) is 0. The third kappa shape index (κ3) is 2.21. The van der Waals surface area contributed by atoms with Crippen LogP contribution >= 0.6 is 11.6 Å². The molecule has 4 heteroatoms. The average molecular weight is 286 g/mol. The van der Waals surface area contributed by atoms with Crippen molar-refractivity contribution < 1.29 is 9.53 Å². The molecule has 3 nitrogen and oxygen atoms in total. The second-order valence-electron chi connectivity index (χ2n) is 4.56. The Morgan fingerprint density at radius 2 is 1.90 bits per heavy atom. The van der Waals surface area contributed by atoms with Crippen LogP contribution in [-0.4, -0.2) is 17.1 Å². The van der Waals surface area contributed by atoms with Gasteiger partial charge >= 0.3 is 5.97 Å². The summed E-state index contributed by atoms with van der Waals surface area (Å²) in [6.07, 6.45) is 1.37. The number of nitrogens with zero attached hydrogens (tertiary/aromatic N) is 1. The molecule has 0 spiro atoms. The molecule has 0 fully saturated rings. The molecule has 1 aromatic heterocycles. The first-order chi connectivity index (χ1) is 9.66. The van der Waals surface area contributed by atoms with E-state index in [1.807, 2.05) is 37.3 Å². The summed E-state index contributed by atoms with van der Waals surface area (Å²) in [5.74, 6) is -0.332. The van der Waals surface area contributed by atoms with Gasteiger partial charge in [0.2, 0.25) is 0 Å². The number of esters is 1. The van der Waals surface area contributed by atoms with Crippen LogP contribution in [0.1, 0.15) is 18.2 Å². The Bertz CT molecular complexity index is 677. The van der Waals surface area contributed by atoms with Crippen molar-refractivity contribution in [3.05, 3.63) is 64.9 Å². The highest BCUT2D eigenvalue weighted by Crippen LogP contribution is 2.36. The monoisotopic (exact) mass is 285 g/mol. The second-order valence-corrected chi connectivity index (χ2v) is 4.99. The summed E-state index contributed by atoms with van der Waals surface area (Å²) in [5, 5.41) is 0.659. The molecule has 100 valence electrons. The lowest BCUT2D eigenvalue weighted by molar-refractivity contribution is -0.136. The molecule has 0 radical (unpaired) electrons. The summed E-state index contributed by atoms with van der Waals surface area (Å²) >= 11 is 5.91. The minimum atomic E-state index is -0.332. The SMILES string of the molecule is CC1OC(=O)C(c2ccccn2)=C1c1ccc(Cl)cc1. The standard InChI is InChI=1S/C16H12ClNO2/c1-10-14(11-5-7-12(17)8-6-11)15(16(19)20-10)13-4-2-3-9-18-13/h2-10H,1H3. The van der Waals surface area contributed by atoms with Crippen LogP contribution in [0.2, 0.25) is 5.02 Å². The molecular formula is C16H12ClNO2. The van der Waals surface area contributed by atoms with Gasteiger partial charge < -0.3 is 4.74 Å². The molecule has 2 heterocycles. The summed E-state index contributed by atoms with van der Waals surface area (Å²) in [5.41, 5.74) is 2.94. The van der Waals surface area contributed by atoms with Crippen LogP contribution in [0.4, 0.5) is 0 Å². The van der Waals surface area contributed by atoms with E-state index in [2.05, 4.69) is 4.98 Å². The Hall–Kier alpha value is -2.13. The van der Waals surface area contributed by atoms with E-state index < -0.39 is 0 Å². The summed E-state index contributed by atoms with van der Waals surface area (Å²) < 4.78 is 5.34. The molecule has 1 aromatic carbocycles. The third-order valence-corrected chi connectivity index (χ3v) is 3.49. The highest BCUT2D eigenvalue weighted by molar-refractivity contribution is 6.31. The van der Waals surface area contributed by atoms with Crippen molar-refractivity contribution in [3.63, 3.8) is 0 Å². The maximum absolute atomic E-state index is 12.1. The highest BCUT2D eigenvalue weighted by atomic mass is 35.5. The van der Waals surface area contributed by atoms with Crippen LogP contribution in [0.3, 0.4) is 0 Å². The zero-order valence-electron chi connectivity index (χ0n) is 10.8. The van der Waals surface area contributed by atoms with Gasteiger partial charge in [-0.1, -0.05) is 29.8 Å².